The van der Waals surface area contributed by atoms with Gasteiger partial charge in [-0.1, -0.05) is 6.07 Å². The fourth-order valence-corrected chi connectivity index (χ4v) is 1.20. The highest BCUT2D eigenvalue weighted by Gasteiger charge is 1.97. The lowest BCUT2D eigenvalue weighted by atomic mass is 10.2. The molecule has 0 aliphatic rings. The maximum atomic E-state index is 4.21. The van der Waals surface area contributed by atoms with Crippen molar-refractivity contribution in [3.8, 4) is 0 Å². The Labute approximate surface area is 65.5 Å². The third-order valence-electron chi connectivity index (χ3n) is 1.77. The Morgan fingerprint density at radius 3 is 3.18 bits per heavy atom. The van der Waals surface area contributed by atoms with Crippen LogP contribution < -0.4 is 0 Å². The minimum atomic E-state index is 0.793. The summed E-state index contributed by atoms with van der Waals surface area (Å²) in [7, 11) is 0. The van der Waals surface area contributed by atoms with Crippen LogP contribution in [0.2, 0.25) is 0 Å². The van der Waals surface area contributed by atoms with E-state index in [4.69, 9.17) is 0 Å². The number of hydrogen-bond donors (Lipinski definition) is 0. The van der Waals surface area contributed by atoms with Gasteiger partial charge in [-0.25, -0.2) is 4.98 Å². The molecule has 2 aromatic rings. The first kappa shape index (κ1) is 6.40. The van der Waals surface area contributed by atoms with E-state index in [1.54, 1.807) is 6.20 Å². The van der Waals surface area contributed by atoms with Crippen LogP contribution in [-0.2, 0) is 6.42 Å². The van der Waals surface area contributed by atoms with E-state index in [0.717, 1.165) is 12.1 Å². The van der Waals surface area contributed by atoms with Gasteiger partial charge in [-0.05, 0) is 25.0 Å². The van der Waals surface area contributed by atoms with E-state index in [1.807, 2.05) is 22.9 Å². The van der Waals surface area contributed by atoms with E-state index in [1.165, 1.54) is 5.56 Å². The third-order valence-corrected chi connectivity index (χ3v) is 1.77. The lowest BCUT2D eigenvalue weighted by Gasteiger charge is -1.97. The van der Waals surface area contributed by atoms with E-state index < -0.39 is 0 Å². The van der Waals surface area contributed by atoms with E-state index in [9.17, 15) is 0 Å². The van der Waals surface area contributed by atoms with Gasteiger partial charge < -0.3 is 4.40 Å². The number of nitrogens with zero attached hydrogens (tertiary/aromatic N) is 2. The maximum absolute atomic E-state index is 4.21. The molecule has 1 radical (unpaired) electrons. The molecule has 0 N–H and O–H groups in total. The summed E-state index contributed by atoms with van der Waals surface area (Å²) in [4.78, 5) is 4.21. The van der Waals surface area contributed by atoms with Crippen molar-refractivity contribution in [2.24, 2.45) is 0 Å². The Balaban J connectivity index is 2.79. The van der Waals surface area contributed by atoms with Crippen LogP contribution in [0.1, 0.15) is 5.56 Å². The summed E-state index contributed by atoms with van der Waals surface area (Å²) in [6, 6.07) is 4.06. The second-order valence-corrected chi connectivity index (χ2v) is 2.44. The molecule has 2 heteroatoms. The summed E-state index contributed by atoms with van der Waals surface area (Å²) in [5.41, 5.74) is 2.21. The largest absolute Gasteiger partial charge is 0.307 e. The van der Waals surface area contributed by atoms with Crippen LogP contribution >= 0.6 is 0 Å². The van der Waals surface area contributed by atoms with Crippen LogP contribution in [0.15, 0.2) is 30.7 Å². The Kier molecular flexibility index (Phi) is 1.39. The van der Waals surface area contributed by atoms with E-state index >= 15 is 0 Å². The van der Waals surface area contributed by atoms with Gasteiger partial charge in [0.25, 0.3) is 0 Å². The van der Waals surface area contributed by atoms with Gasteiger partial charge in [-0.15, -0.1) is 0 Å². The molecular weight excluding hydrogens is 136 g/mol. The molecule has 0 amide bonds. The lowest BCUT2D eigenvalue weighted by molar-refractivity contribution is 1.13. The van der Waals surface area contributed by atoms with Gasteiger partial charge in [0.15, 0.2) is 0 Å². The fourth-order valence-electron chi connectivity index (χ4n) is 1.20. The Morgan fingerprint density at radius 2 is 2.36 bits per heavy atom. The first-order chi connectivity index (χ1) is 5.42. The van der Waals surface area contributed by atoms with Crippen LogP contribution in [0.4, 0.5) is 0 Å². The van der Waals surface area contributed by atoms with Crippen molar-refractivity contribution < 1.29 is 0 Å². The molecule has 2 rings (SSSR count). The van der Waals surface area contributed by atoms with Crippen molar-refractivity contribution in [3.05, 3.63) is 43.2 Å². The zero-order valence-electron chi connectivity index (χ0n) is 6.20. The smallest absolute Gasteiger partial charge is 0.139 e. The summed E-state index contributed by atoms with van der Waals surface area (Å²) in [6.45, 7) is 3.83. The standard InChI is InChI=1S/C9H9N2/c1-2-8-4-3-6-11-7-5-10-9(8)11/h3-7H,1-2H2. The molecule has 2 aromatic heterocycles. The van der Waals surface area contributed by atoms with E-state index in [-0.39, 0.29) is 0 Å². The number of pyridine rings is 1. The molecule has 0 atom stereocenters. The predicted molar refractivity (Wildman–Crippen MR) is 44.3 cm³/mol. The van der Waals surface area contributed by atoms with Crippen molar-refractivity contribution in [2.45, 2.75) is 6.42 Å². The normalized spacial score (nSPS) is 10.6. The van der Waals surface area contributed by atoms with Gasteiger partial charge >= 0.3 is 0 Å². The predicted octanol–water partition coefficient (Wildman–Crippen LogP) is 1.71. The molecule has 0 aliphatic heterocycles. The average Bonchev–Trinajstić information content (AvgIpc) is 2.50. The van der Waals surface area contributed by atoms with Crippen LogP contribution in [0.3, 0.4) is 0 Å². The third kappa shape index (κ3) is 0.909. The molecule has 0 unspecified atom stereocenters. The van der Waals surface area contributed by atoms with Gasteiger partial charge in [0, 0.05) is 18.6 Å². The molecule has 0 aromatic carbocycles. The summed E-state index contributed by atoms with van der Waals surface area (Å²) < 4.78 is 2.00. The molecule has 0 saturated heterocycles. The Morgan fingerprint density at radius 1 is 1.45 bits per heavy atom. The molecule has 11 heavy (non-hydrogen) atoms. The molecule has 0 aliphatic carbocycles. The fraction of sp³-hybridized carbons (Fsp3) is 0.111. The van der Waals surface area contributed by atoms with Gasteiger partial charge in [-0.2, -0.15) is 0 Å². The molecule has 0 spiro atoms. The number of hydrogen-bond acceptors (Lipinski definition) is 1. The molecule has 0 saturated carbocycles. The second kappa shape index (κ2) is 2.38. The first-order valence-electron chi connectivity index (χ1n) is 3.61. The van der Waals surface area contributed by atoms with Crippen LogP contribution in [-0.4, -0.2) is 9.38 Å². The monoisotopic (exact) mass is 145 g/mol. The summed E-state index contributed by atoms with van der Waals surface area (Å²) >= 11 is 0. The topological polar surface area (TPSA) is 17.3 Å². The molecule has 2 heterocycles. The molecular formula is C9H9N2. The Hall–Kier alpha value is -1.31. The zero-order valence-corrected chi connectivity index (χ0v) is 6.20. The van der Waals surface area contributed by atoms with Crippen molar-refractivity contribution in [1.29, 1.82) is 0 Å². The molecule has 0 fully saturated rings. The quantitative estimate of drug-likeness (QED) is 0.597. The zero-order chi connectivity index (χ0) is 7.68. The Bertz CT molecular complexity index is 362. The highest BCUT2D eigenvalue weighted by molar-refractivity contribution is 5.47. The van der Waals surface area contributed by atoms with Crippen LogP contribution in [0, 0.1) is 6.92 Å². The van der Waals surface area contributed by atoms with Crippen LogP contribution in [0.5, 0.6) is 0 Å². The minimum absolute atomic E-state index is 0.793. The number of rotatable bonds is 1. The van der Waals surface area contributed by atoms with Crippen molar-refractivity contribution in [2.75, 3.05) is 0 Å². The molecule has 55 valence electrons. The summed E-state index contributed by atoms with van der Waals surface area (Å²) in [5, 5.41) is 0. The summed E-state index contributed by atoms with van der Waals surface area (Å²) in [6.07, 6.45) is 6.52. The first-order valence-corrected chi connectivity index (χ1v) is 3.61. The van der Waals surface area contributed by atoms with Gasteiger partial charge in [0.2, 0.25) is 0 Å². The average molecular weight is 145 g/mol. The number of fused-ring (bicyclic) bond motifs is 1. The second-order valence-electron chi connectivity index (χ2n) is 2.44. The maximum Gasteiger partial charge on any atom is 0.139 e. The van der Waals surface area contributed by atoms with Crippen molar-refractivity contribution in [1.82, 2.24) is 9.38 Å². The van der Waals surface area contributed by atoms with E-state index in [0.29, 0.717) is 0 Å². The summed E-state index contributed by atoms with van der Waals surface area (Å²) in [5.74, 6) is 0. The van der Waals surface area contributed by atoms with Gasteiger partial charge in [-0.3, -0.25) is 0 Å². The lowest BCUT2D eigenvalue weighted by Crippen LogP contribution is -1.88. The minimum Gasteiger partial charge on any atom is -0.307 e. The number of imidazole rings is 1. The SMILES string of the molecule is [CH2]Cc1cccn2ccnc12. The highest BCUT2D eigenvalue weighted by atomic mass is 15.0. The molecule has 0 bridgehead atoms. The highest BCUT2D eigenvalue weighted by Crippen LogP contribution is 2.07. The molecule has 2 nitrogen and oxygen atoms in total. The van der Waals surface area contributed by atoms with Gasteiger partial charge in [0.1, 0.15) is 5.65 Å². The van der Waals surface area contributed by atoms with E-state index in [2.05, 4.69) is 18.0 Å². The number of aromatic nitrogens is 2. The van der Waals surface area contributed by atoms with Crippen molar-refractivity contribution >= 4 is 5.65 Å². The van der Waals surface area contributed by atoms with Gasteiger partial charge in [0.05, 0.1) is 0 Å². The van der Waals surface area contributed by atoms with Crippen LogP contribution in [0.25, 0.3) is 5.65 Å². The van der Waals surface area contributed by atoms with Crippen molar-refractivity contribution in [3.63, 3.8) is 0 Å².